The minimum absolute atomic E-state index is 0.0138. The lowest BCUT2D eigenvalue weighted by molar-refractivity contribution is -0.386. The van der Waals surface area contributed by atoms with Crippen molar-refractivity contribution in [2.45, 2.75) is 6.92 Å². The average Bonchev–Trinajstić information content (AvgIpc) is 2.97. The van der Waals surface area contributed by atoms with E-state index in [4.69, 9.17) is 4.74 Å². The fraction of sp³-hybridized carbons (Fsp3) is 0.111. The number of rotatable bonds is 5. The van der Waals surface area contributed by atoms with Crippen LogP contribution in [0.4, 0.5) is 11.4 Å². The number of thioether (sulfide) groups is 1. The van der Waals surface area contributed by atoms with Crippen LogP contribution in [-0.4, -0.2) is 27.7 Å². The largest absolute Gasteiger partial charge is 0.500 e. The maximum atomic E-state index is 12.2. The van der Waals surface area contributed by atoms with Gasteiger partial charge in [0.05, 0.1) is 22.1 Å². The number of hydrogen-bond acceptors (Lipinski definition) is 7. The van der Waals surface area contributed by atoms with Gasteiger partial charge in [-0.2, -0.15) is 0 Å². The molecule has 0 unspecified atom stereocenters. The van der Waals surface area contributed by atoms with Crippen LogP contribution in [0.5, 0.6) is 11.5 Å². The van der Waals surface area contributed by atoms with Crippen LogP contribution in [-0.2, 0) is 4.79 Å². The Kier molecular flexibility index (Phi) is 5.41. The van der Waals surface area contributed by atoms with E-state index < -0.39 is 16.4 Å². The molecule has 138 valence electrons. The Morgan fingerprint density at radius 3 is 2.74 bits per heavy atom. The fourth-order valence-corrected chi connectivity index (χ4v) is 3.20. The van der Waals surface area contributed by atoms with Crippen molar-refractivity contribution in [3.63, 3.8) is 0 Å². The minimum atomic E-state index is -0.704. The van der Waals surface area contributed by atoms with Crippen LogP contribution in [0.15, 0.2) is 52.4 Å². The van der Waals surface area contributed by atoms with Gasteiger partial charge < -0.3 is 15.2 Å². The molecule has 0 aliphatic carbocycles. The van der Waals surface area contributed by atoms with E-state index in [0.717, 1.165) is 11.8 Å². The number of carbonyl (C=O) groups excluding carboxylic acids is 1. The van der Waals surface area contributed by atoms with Crippen molar-refractivity contribution in [1.82, 2.24) is 5.32 Å². The predicted octanol–water partition coefficient (Wildman–Crippen LogP) is 3.59. The van der Waals surface area contributed by atoms with Crippen molar-refractivity contribution in [2.24, 2.45) is 4.99 Å². The number of phenols is 1. The minimum Gasteiger partial charge on any atom is -0.500 e. The number of para-hydroxylation sites is 1. The SMILES string of the molecule is CCOc1cc(/C=C2\SC(=Nc3ccccc3)NC2=O)cc([N+](=O)[O-])c1O. The van der Waals surface area contributed by atoms with Gasteiger partial charge in [0, 0.05) is 6.07 Å². The third kappa shape index (κ3) is 4.26. The summed E-state index contributed by atoms with van der Waals surface area (Å²) in [6.07, 6.45) is 1.49. The van der Waals surface area contributed by atoms with Crippen LogP contribution in [0, 0.1) is 10.1 Å². The molecule has 2 N–H and O–H groups in total. The summed E-state index contributed by atoms with van der Waals surface area (Å²) in [5.74, 6) is -0.914. The van der Waals surface area contributed by atoms with Crippen LogP contribution < -0.4 is 10.1 Å². The van der Waals surface area contributed by atoms with E-state index in [9.17, 15) is 20.0 Å². The first-order valence-corrected chi connectivity index (χ1v) is 8.78. The number of aromatic hydroxyl groups is 1. The van der Waals surface area contributed by atoms with Crippen molar-refractivity contribution < 1.29 is 19.6 Å². The molecular formula is C18H15N3O5S. The highest BCUT2D eigenvalue weighted by atomic mass is 32.2. The molecule has 1 saturated heterocycles. The molecule has 0 radical (unpaired) electrons. The first-order chi connectivity index (χ1) is 13.0. The van der Waals surface area contributed by atoms with Crippen LogP contribution in [0.1, 0.15) is 12.5 Å². The molecule has 0 atom stereocenters. The molecule has 2 aromatic rings. The van der Waals surface area contributed by atoms with Gasteiger partial charge in [-0.05, 0) is 48.5 Å². The number of amidine groups is 1. The highest BCUT2D eigenvalue weighted by Crippen LogP contribution is 2.38. The van der Waals surface area contributed by atoms with E-state index in [2.05, 4.69) is 10.3 Å². The van der Waals surface area contributed by atoms with Crippen molar-refractivity contribution in [2.75, 3.05) is 6.61 Å². The van der Waals surface area contributed by atoms with Crippen LogP contribution in [0.3, 0.4) is 0 Å². The number of nitrogens with zero attached hydrogens (tertiary/aromatic N) is 2. The lowest BCUT2D eigenvalue weighted by Gasteiger charge is -2.07. The van der Waals surface area contributed by atoms with Gasteiger partial charge in [0.2, 0.25) is 5.75 Å². The summed E-state index contributed by atoms with van der Waals surface area (Å²) in [7, 11) is 0. The second kappa shape index (κ2) is 7.92. The maximum absolute atomic E-state index is 12.2. The Hall–Kier alpha value is -3.33. The van der Waals surface area contributed by atoms with Gasteiger partial charge in [-0.25, -0.2) is 4.99 Å². The highest BCUT2D eigenvalue weighted by molar-refractivity contribution is 8.18. The number of aliphatic imine (C=N–C) groups is 1. The topological polar surface area (TPSA) is 114 Å². The van der Waals surface area contributed by atoms with E-state index in [1.54, 1.807) is 19.1 Å². The lowest BCUT2D eigenvalue weighted by Crippen LogP contribution is -2.19. The number of hydrogen-bond donors (Lipinski definition) is 2. The number of phenolic OH excluding ortho intramolecular Hbond substituents is 1. The smallest absolute Gasteiger partial charge is 0.315 e. The maximum Gasteiger partial charge on any atom is 0.315 e. The Labute approximate surface area is 158 Å². The Morgan fingerprint density at radius 1 is 1.33 bits per heavy atom. The van der Waals surface area contributed by atoms with Crippen molar-refractivity contribution in [3.05, 3.63) is 63.0 Å². The summed E-state index contributed by atoms with van der Waals surface area (Å²) < 4.78 is 5.24. The van der Waals surface area contributed by atoms with Gasteiger partial charge >= 0.3 is 5.69 Å². The standard InChI is InChI=1S/C18H15N3O5S/c1-2-26-14-9-11(8-13(16(14)22)21(24)25)10-15-17(23)20-18(27-15)19-12-6-4-3-5-7-12/h3-10,22H,2H2,1H3,(H,19,20,23)/b15-10-. The van der Waals surface area contributed by atoms with Crippen LogP contribution >= 0.6 is 11.8 Å². The fourth-order valence-electron chi connectivity index (χ4n) is 2.35. The zero-order valence-electron chi connectivity index (χ0n) is 14.2. The Bertz CT molecular complexity index is 957. The third-order valence-corrected chi connectivity index (χ3v) is 4.42. The van der Waals surface area contributed by atoms with E-state index >= 15 is 0 Å². The number of carbonyl (C=O) groups is 1. The van der Waals surface area contributed by atoms with Crippen molar-refractivity contribution in [3.8, 4) is 11.5 Å². The third-order valence-electron chi connectivity index (χ3n) is 3.51. The molecule has 3 rings (SSSR count). The van der Waals surface area contributed by atoms with E-state index in [1.165, 1.54) is 18.2 Å². The summed E-state index contributed by atoms with van der Waals surface area (Å²) >= 11 is 1.12. The van der Waals surface area contributed by atoms with Gasteiger partial charge in [-0.15, -0.1) is 0 Å². The summed E-state index contributed by atoms with van der Waals surface area (Å²) in [4.78, 5) is 27.3. The second-order valence-electron chi connectivity index (χ2n) is 5.39. The van der Waals surface area contributed by atoms with Crippen LogP contribution in [0.25, 0.3) is 6.08 Å². The van der Waals surface area contributed by atoms with Gasteiger partial charge in [-0.1, -0.05) is 18.2 Å². The highest BCUT2D eigenvalue weighted by Gasteiger charge is 2.25. The molecule has 1 aliphatic heterocycles. The quantitative estimate of drug-likeness (QED) is 0.462. The molecule has 9 heteroatoms. The molecule has 1 amide bonds. The molecule has 1 aliphatic rings. The van der Waals surface area contributed by atoms with Gasteiger partial charge in [0.15, 0.2) is 10.9 Å². The lowest BCUT2D eigenvalue weighted by atomic mass is 10.1. The normalized spacial score (nSPS) is 16.6. The van der Waals surface area contributed by atoms with Gasteiger partial charge in [0.1, 0.15) is 0 Å². The summed E-state index contributed by atoms with van der Waals surface area (Å²) in [5, 5.41) is 24.2. The number of nitro groups is 1. The second-order valence-corrected chi connectivity index (χ2v) is 6.42. The number of nitro benzene ring substituents is 1. The molecule has 27 heavy (non-hydrogen) atoms. The zero-order chi connectivity index (χ0) is 19.4. The predicted molar refractivity (Wildman–Crippen MR) is 103 cm³/mol. The van der Waals surface area contributed by atoms with Crippen molar-refractivity contribution in [1.29, 1.82) is 0 Å². The van der Waals surface area contributed by atoms with E-state index in [0.29, 0.717) is 21.3 Å². The molecule has 0 bridgehead atoms. The first kappa shape index (κ1) is 18.5. The van der Waals surface area contributed by atoms with E-state index in [-0.39, 0.29) is 18.3 Å². The summed E-state index contributed by atoms with van der Waals surface area (Å²) in [6.45, 7) is 1.93. The number of amides is 1. The summed E-state index contributed by atoms with van der Waals surface area (Å²) in [6, 6.07) is 11.8. The molecule has 8 nitrogen and oxygen atoms in total. The molecule has 0 spiro atoms. The molecule has 0 saturated carbocycles. The molecule has 1 fully saturated rings. The average molecular weight is 385 g/mol. The van der Waals surface area contributed by atoms with E-state index in [1.807, 2.05) is 18.2 Å². The number of ether oxygens (including phenoxy) is 1. The molecule has 1 heterocycles. The van der Waals surface area contributed by atoms with Gasteiger partial charge in [-0.3, -0.25) is 14.9 Å². The van der Waals surface area contributed by atoms with Crippen molar-refractivity contribution >= 4 is 40.3 Å². The molecule has 0 aromatic heterocycles. The van der Waals surface area contributed by atoms with Gasteiger partial charge in [0.25, 0.3) is 5.91 Å². The first-order valence-electron chi connectivity index (χ1n) is 7.96. The monoisotopic (exact) mass is 385 g/mol. The van der Waals surface area contributed by atoms with Crippen LogP contribution in [0.2, 0.25) is 0 Å². The Morgan fingerprint density at radius 2 is 2.07 bits per heavy atom. The summed E-state index contributed by atoms with van der Waals surface area (Å²) in [5.41, 5.74) is 0.566. The molecule has 2 aromatic carbocycles. The zero-order valence-corrected chi connectivity index (χ0v) is 15.0. The Balaban J connectivity index is 1.93. The molecular weight excluding hydrogens is 370 g/mol. The number of nitrogens with one attached hydrogen (secondary N) is 1. The number of benzene rings is 2.